The molecule has 3 N–H and O–H groups in total. The summed E-state index contributed by atoms with van der Waals surface area (Å²) in [5.41, 5.74) is 2.41. The molecule has 1 heterocycles. The molecule has 40 heavy (non-hydrogen) atoms. The van der Waals surface area contributed by atoms with Crippen LogP contribution < -0.4 is 16.0 Å². The van der Waals surface area contributed by atoms with Crippen molar-refractivity contribution in [1.29, 1.82) is 0 Å². The number of nitrogens with zero attached hydrogens (tertiary/aromatic N) is 1. The van der Waals surface area contributed by atoms with Gasteiger partial charge in [-0.05, 0) is 69.5 Å². The number of carbonyl (C=O) groups is 4. The molecule has 4 rings (SSSR count). The smallest absolute Gasteiger partial charge is 0.243 e. The van der Waals surface area contributed by atoms with E-state index in [0.29, 0.717) is 6.42 Å². The number of nitrogens with one attached hydrogen (secondary N) is 3. The first-order valence-corrected chi connectivity index (χ1v) is 15.4. The van der Waals surface area contributed by atoms with E-state index in [1.54, 1.807) is 11.9 Å². The van der Waals surface area contributed by atoms with Gasteiger partial charge in [0, 0.05) is 30.8 Å². The van der Waals surface area contributed by atoms with Gasteiger partial charge in [-0.3, -0.25) is 19.2 Å². The fraction of sp³-hybridized carbons (Fsp3) is 0.688. The summed E-state index contributed by atoms with van der Waals surface area (Å²) >= 11 is 0. The third kappa shape index (κ3) is 7.12. The summed E-state index contributed by atoms with van der Waals surface area (Å²) in [6.45, 7) is 5.79. The molecule has 8 nitrogen and oxygen atoms in total. The molecular weight excluding hydrogens is 504 g/mol. The zero-order valence-corrected chi connectivity index (χ0v) is 24.7. The van der Waals surface area contributed by atoms with Crippen LogP contribution in [0.1, 0.15) is 95.7 Å². The normalized spacial score (nSPS) is 24.7. The quantitative estimate of drug-likeness (QED) is 0.411. The van der Waals surface area contributed by atoms with E-state index in [4.69, 9.17) is 0 Å². The summed E-state index contributed by atoms with van der Waals surface area (Å²) < 4.78 is 0. The Morgan fingerprint density at radius 2 is 1.68 bits per heavy atom. The summed E-state index contributed by atoms with van der Waals surface area (Å²) in [4.78, 5) is 55.5. The van der Waals surface area contributed by atoms with Gasteiger partial charge < -0.3 is 20.9 Å². The lowest BCUT2D eigenvalue weighted by Crippen LogP contribution is -2.50. The van der Waals surface area contributed by atoms with E-state index < -0.39 is 12.0 Å². The number of hydrogen-bond donors (Lipinski definition) is 3. The van der Waals surface area contributed by atoms with Gasteiger partial charge in [-0.15, -0.1) is 0 Å². The zero-order valence-electron chi connectivity index (χ0n) is 24.7. The van der Waals surface area contributed by atoms with Crippen molar-refractivity contribution >= 4 is 23.5 Å². The average molecular weight is 553 g/mol. The van der Waals surface area contributed by atoms with Crippen molar-refractivity contribution in [2.45, 2.75) is 109 Å². The van der Waals surface area contributed by atoms with E-state index in [-0.39, 0.29) is 66.4 Å². The minimum Gasteiger partial charge on any atom is -0.351 e. The molecule has 3 amide bonds. The Balaban J connectivity index is 1.58. The van der Waals surface area contributed by atoms with Crippen molar-refractivity contribution in [3.8, 4) is 0 Å². The molecule has 1 saturated carbocycles. The molecule has 220 valence electrons. The van der Waals surface area contributed by atoms with Gasteiger partial charge in [-0.2, -0.15) is 0 Å². The summed E-state index contributed by atoms with van der Waals surface area (Å²) in [5, 5.41) is 9.34. The number of aryl methyl sites for hydroxylation is 1. The first-order chi connectivity index (χ1) is 19.2. The monoisotopic (exact) mass is 552 g/mol. The highest BCUT2D eigenvalue weighted by Gasteiger charge is 2.45. The van der Waals surface area contributed by atoms with Gasteiger partial charge in [0.1, 0.15) is 11.8 Å². The highest BCUT2D eigenvalue weighted by Crippen LogP contribution is 2.36. The van der Waals surface area contributed by atoms with Crippen LogP contribution in [-0.2, 0) is 25.6 Å². The lowest BCUT2D eigenvalue weighted by Gasteiger charge is -2.35. The summed E-state index contributed by atoms with van der Waals surface area (Å²) in [6, 6.07) is 6.83. The topological polar surface area (TPSA) is 108 Å². The van der Waals surface area contributed by atoms with Crippen LogP contribution in [0.15, 0.2) is 24.3 Å². The maximum absolute atomic E-state index is 14.3. The Morgan fingerprint density at radius 3 is 2.38 bits per heavy atom. The molecule has 5 atom stereocenters. The second-order valence-corrected chi connectivity index (χ2v) is 12.4. The lowest BCUT2D eigenvalue weighted by atomic mass is 9.76. The Hall–Kier alpha value is -2.74. The molecule has 0 radical (unpaired) electrons. The maximum atomic E-state index is 14.3. The number of benzene rings is 1. The Labute approximate surface area is 239 Å². The molecule has 1 aromatic rings. The highest BCUT2D eigenvalue weighted by molar-refractivity contribution is 5.93. The average Bonchev–Trinajstić information content (AvgIpc) is 3.39. The number of fused-ring (bicyclic) bond motifs is 1. The first kappa shape index (κ1) is 30.2. The van der Waals surface area contributed by atoms with Gasteiger partial charge in [0.2, 0.25) is 17.7 Å². The SMILES string of the molecule is CN[C@@H](C)C(=O)C[C@H](C(=O)N1C[C@@H](NC(=O)C(C)C)C[C@H]1C(=O)NC1CCCc2ccccc21)C1CCCCC1. The van der Waals surface area contributed by atoms with Gasteiger partial charge in [-0.25, -0.2) is 0 Å². The molecule has 1 aliphatic heterocycles. The predicted molar refractivity (Wildman–Crippen MR) is 155 cm³/mol. The second-order valence-electron chi connectivity index (χ2n) is 12.4. The van der Waals surface area contributed by atoms with E-state index in [0.717, 1.165) is 56.9 Å². The molecule has 3 aliphatic rings. The van der Waals surface area contributed by atoms with Crippen molar-refractivity contribution in [2.75, 3.05) is 13.6 Å². The van der Waals surface area contributed by atoms with Crippen LogP contribution in [0.2, 0.25) is 0 Å². The number of likely N-dealkylation sites (N-methyl/N-ethyl adjacent to an activating group) is 1. The lowest BCUT2D eigenvalue weighted by molar-refractivity contribution is -0.145. The number of ketones is 1. The Bertz CT molecular complexity index is 1070. The van der Waals surface area contributed by atoms with E-state index in [9.17, 15) is 19.2 Å². The van der Waals surface area contributed by atoms with Crippen molar-refractivity contribution in [2.24, 2.45) is 17.8 Å². The third-order valence-electron chi connectivity index (χ3n) is 9.32. The van der Waals surface area contributed by atoms with Gasteiger partial charge >= 0.3 is 0 Å². The van der Waals surface area contributed by atoms with Gasteiger partial charge in [0.25, 0.3) is 0 Å². The fourth-order valence-electron chi connectivity index (χ4n) is 6.73. The highest BCUT2D eigenvalue weighted by atomic mass is 16.2. The largest absolute Gasteiger partial charge is 0.351 e. The zero-order chi connectivity index (χ0) is 28.8. The predicted octanol–water partition coefficient (Wildman–Crippen LogP) is 3.69. The van der Waals surface area contributed by atoms with E-state index in [1.165, 1.54) is 5.56 Å². The van der Waals surface area contributed by atoms with Gasteiger partial charge in [0.15, 0.2) is 0 Å². The van der Waals surface area contributed by atoms with Crippen LogP contribution in [-0.4, -0.2) is 60.1 Å². The van der Waals surface area contributed by atoms with Crippen LogP contribution in [0.5, 0.6) is 0 Å². The van der Waals surface area contributed by atoms with E-state index in [1.807, 2.05) is 32.9 Å². The molecule has 2 aliphatic carbocycles. The second kappa shape index (κ2) is 13.7. The minimum atomic E-state index is -0.679. The number of likely N-dealkylation sites (tertiary alicyclic amines) is 1. The molecular formula is C32H48N4O4. The molecule has 1 unspecified atom stereocenters. The number of rotatable bonds is 10. The standard InChI is InChI=1S/C32H48N4O4/c1-20(2)30(38)34-24-17-28(31(39)35-27-16-10-14-22-13-8-9-15-25(22)27)36(19-24)32(40)26(18-29(37)21(3)33-4)23-11-6-5-7-12-23/h8-9,13,15,20-21,23-24,26-28,33H,5-7,10-12,14,16-19H2,1-4H3,(H,34,38)(H,35,39)/t21-,24-,26-,27?,28-/m0/s1. The van der Waals surface area contributed by atoms with Crippen LogP contribution in [0, 0.1) is 17.8 Å². The Morgan fingerprint density at radius 1 is 0.950 bits per heavy atom. The van der Waals surface area contributed by atoms with Crippen LogP contribution in [0.25, 0.3) is 0 Å². The fourth-order valence-corrected chi connectivity index (χ4v) is 6.73. The van der Waals surface area contributed by atoms with Crippen LogP contribution >= 0.6 is 0 Å². The van der Waals surface area contributed by atoms with Crippen LogP contribution in [0.3, 0.4) is 0 Å². The number of amides is 3. The Kier molecular flexibility index (Phi) is 10.4. The molecule has 1 saturated heterocycles. The van der Waals surface area contributed by atoms with Crippen molar-refractivity contribution in [1.82, 2.24) is 20.9 Å². The molecule has 2 fully saturated rings. The maximum Gasteiger partial charge on any atom is 0.243 e. The van der Waals surface area contributed by atoms with Crippen molar-refractivity contribution in [3.05, 3.63) is 35.4 Å². The number of hydrogen-bond acceptors (Lipinski definition) is 5. The third-order valence-corrected chi connectivity index (χ3v) is 9.32. The van der Waals surface area contributed by atoms with E-state index in [2.05, 4.69) is 28.1 Å². The minimum absolute atomic E-state index is 0.0232. The van der Waals surface area contributed by atoms with Crippen LogP contribution in [0.4, 0.5) is 0 Å². The number of Topliss-reactive ketones (excluding diaryl/α,β-unsaturated/α-hetero) is 1. The first-order valence-electron chi connectivity index (χ1n) is 15.4. The summed E-state index contributed by atoms with van der Waals surface area (Å²) in [6.07, 6.45) is 8.53. The van der Waals surface area contributed by atoms with Gasteiger partial charge in [0.05, 0.1) is 12.1 Å². The van der Waals surface area contributed by atoms with E-state index >= 15 is 0 Å². The molecule has 0 aromatic heterocycles. The molecule has 0 bridgehead atoms. The number of carbonyl (C=O) groups excluding carboxylic acids is 4. The summed E-state index contributed by atoms with van der Waals surface area (Å²) in [7, 11) is 1.76. The van der Waals surface area contributed by atoms with Crippen molar-refractivity contribution < 1.29 is 19.2 Å². The van der Waals surface area contributed by atoms with Gasteiger partial charge in [-0.1, -0.05) is 57.4 Å². The summed E-state index contributed by atoms with van der Waals surface area (Å²) in [5.74, 6) is -0.855. The molecule has 1 aromatic carbocycles. The molecule has 8 heteroatoms. The van der Waals surface area contributed by atoms with Crippen molar-refractivity contribution in [3.63, 3.8) is 0 Å². The molecule has 0 spiro atoms.